The smallest absolute Gasteiger partial charge is 0.224 e. The quantitative estimate of drug-likeness (QED) is 0.812. The number of hydrogen-bond donors (Lipinski definition) is 1. The summed E-state index contributed by atoms with van der Waals surface area (Å²) in [5.41, 5.74) is 3.31. The molecule has 1 atom stereocenters. The van der Waals surface area contributed by atoms with E-state index >= 15 is 0 Å². The maximum absolute atomic E-state index is 11.3. The van der Waals surface area contributed by atoms with Crippen molar-refractivity contribution in [1.29, 1.82) is 0 Å². The highest BCUT2D eigenvalue weighted by atomic mass is 35.5. The zero-order valence-electron chi connectivity index (χ0n) is 10.3. The summed E-state index contributed by atoms with van der Waals surface area (Å²) in [4.78, 5) is 11.3. The summed E-state index contributed by atoms with van der Waals surface area (Å²) < 4.78 is 0. The molecule has 0 bridgehead atoms. The number of fused-ring (bicyclic) bond motifs is 1. The second kappa shape index (κ2) is 5.09. The lowest BCUT2D eigenvalue weighted by molar-refractivity contribution is -0.116. The Morgan fingerprint density at radius 1 is 1.35 bits per heavy atom. The molecule has 0 aromatic heterocycles. The molecule has 92 valence electrons. The number of anilines is 1. The highest BCUT2D eigenvalue weighted by Gasteiger charge is 2.17. The third-order valence-electron chi connectivity index (χ3n) is 3.06. The number of amides is 1. The Hall–Kier alpha value is -1.02. The van der Waals surface area contributed by atoms with E-state index in [-0.39, 0.29) is 11.3 Å². The normalized spacial score (nSPS) is 16.6. The number of aryl methyl sites for hydroxylation is 1. The molecular formula is C14H18ClNO. The molecule has 0 saturated carbocycles. The van der Waals surface area contributed by atoms with Gasteiger partial charge in [0.15, 0.2) is 0 Å². The van der Waals surface area contributed by atoms with Gasteiger partial charge in [0.05, 0.1) is 5.38 Å². The van der Waals surface area contributed by atoms with Crippen molar-refractivity contribution >= 4 is 23.2 Å². The molecule has 2 nitrogen and oxygen atoms in total. The molecule has 3 heteroatoms. The zero-order valence-corrected chi connectivity index (χ0v) is 11.1. The van der Waals surface area contributed by atoms with E-state index in [2.05, 4.69) is 25.2 Å². The van der Waals surface area contributed by atoms with Crippen LogP contribution in [-0.2, 0) is 11.2 Å². The van der Waals surface area contributed by atoms with Gasteiger partial charge in [-0.1, -0.05) is 26.0 Å². The Kier molecular flexibility index (Phi) is 3.72. The Bertz CT molecular complexity index is 428. The van der Waals surface area contributed by atoms with Crippen LogP contribution in [0.1, 0.15) is 43.2 Å². The average molecular weight is 252 g/mol. The zero-order chi connectivity index (χ0) is 12.4. The summed E-state index contributed by atoms with van der Waals surface area (Å²) in [6, 6.07) is 6.12. The van der Waals surface area contributed by atoms with Crippen LogP contribution in [0.2, 0.25) is 0 Å². The van der Waals surface area contributed by atoms with Crippen LogP contribution < -0.4 is 5.32 Å². The van der Waals surface area contributed by atoms with E-state index in [1.807, 2.05) is 12.1 Å². The predicted octanol–water partition coefficient (Wildman–Crippen LogP) is 3.90. The first-order valence-electron chi connectivity index (χ1n) is 6.13. The molecule has 0 spiro atoms. The lowest BCUT2D eigenvalue weighted by Crippen LogP contribution is -2.19. The van der Waals surface area contributed by atoms with E-state index in [1.54, 1.807) is 0 Å². The van der Waals surface area contributed by atoms with Crippen LogP contribution >= 0.6 is 11.6 Å². The van der Waals surface area contributed by atoms with E-state index in [9.17, 15) is 4.79 Å². The Balaban J connectivity index is 2.19. The molecule has 0 fully saturated rings. The molecule has 1 aliphatic rings. The molecule has 1 heterocycles. The molecule has 17 heavy (non-hydrogen) atoms. The lowest BCUT2D eigenvalue weighted by atomic mass is 9.96. The molecule has 1 N–H and O–H groups in total. The molecule has 0 radical (unpaired) electrons. The first-order chi connectivity index (χ1) is 8.06. The van der Waals surface area contributed by atoms with Crippen molar-refractivity contribution in [3.63, 3.8) is 0 Å². The third kappa shape index (κ3) is 3.01. The first-order valence-corrected chi connectivity index (χ1v) is 6.56. The standard InChI is InChI=1S/C14H18ClNO/c1-9(2)7-12(15)10-3-5-13-11(8-10)4-6-14(17)16-13/h3,5,8-9,12H,4,6-7H2,1-2H3,(H,16,17). The van der Waals surface area contributed by atoms with Crippen molar-refractivity contribution in [2.45, 2.75) is 38.5 Å². The monoisotopic (exact) mass is 251 g/mol. The number of carbonyl (C=O) groups is 1. The number of halogens is 1. The van der Waals surface area contributed by atoms with Gasteiger partial charge in [-0.2, -0.15) is 0 Å². The van der Waals surface area contributed by atoms with Gasteiger partial charge in [-0.25, -0.2) is 0 Å². The summed E-state index contributed by atoms with van der Waals surface area (Å²) in [5.74, 6) is 0.697. The van der Waals surface area contributed by atoms with Crippen molar-refractivity contribution in [1.82, 2.24) is 0 Å². The number of hydrogen-bond acceptors (Lipinski definition) is 1. The minimum Gasteiger partial charge on any atom is -0.326 e. The fourth-order valence-electron chi connectivity index (χ4n) is 2.15. The van der Waals surface area contributed by atoms with Crippen molar-refractivity contribution in [2.75, 3.05) is 5.32 Å². The van der Waals surface area contributed by atoms with Gasteiger partial charge >= 0.3 is 0 Å². The van der Waals surface area contributed by atoms with E-state index in [4.69, 9.17) is 11.6 Å². The van der Waals surface area contributed by atoms with Crippen LogP contribution in [-0.4, -0.2) is 5.91 Å². The van der Waals surface area contributed by atoms with Crippen molar-refractivity contribution in [2.24, 2.45) is 5.92 Å². The number of rotatable bonds is 3. The fraction of sp³-hybridized carbons (Fsp3) is 0.500. The average Bonchev–Trinajstić information content (AvgIpc) is 2.27. The molecule has 0 aliphatic carbocycles. The molecule has 1 aliphatic heterocycles. The minimum atomic E-state index is 0.0675. The van der Waals surface area contributed by atoms with Crippen molar-refractivity contribution < 1.29 is 4.79 Å². The second-order valence-electron chi connectivity index (χ2n) is 5.06. The van der Waals surface area contributed by atoms with Gasteiger partial charge in [-0.3, -0.25) is 4.79 Å². The van der Waals surface area contributed by atoms with Gasteiger partial charge in [-0.05, 0) is 36.0 Å². The number of nitrogens with one attached hydrogen (secondary N) is 1. The van der Waals surface area contributed by atoms with Crippen LogP contribution in [0.4, 0.5) is 5.69 Å². The maximum atomic E-state index is 11.3. The Morgan fingerprint density at radius 2 is 2.12 bits per heavy atom. The van der Waals surface area contributed by atoms with E-state index in [0.717, 1.165) is 24.1 Å². The van der Waals surface area contributed by atoms with Crippen LogP contribution in [0.5, 0.6) is 0 Å². The fourth-order valence-corrected chi connectivity index (χ4v) is 2.64. The molecule has 1 unspecified atom stereocenters. The molecule has 0 saturated heterocycles. The van der Waals surface area contributed by atoms with Gasteiger partial charge in [0.1, 0.15) is 0 Å². The lowest BCUT2D eigenvalue weighted by Gasteiger charge is -2.19. The van der Waals surface area contributed by atoms with Gasteiger partial charge in [0.25, 0.3) is 0 Å². The molecule has 1 amide bonds. The van der Waals surface area contributed by atoms with Gasteiger partial charge in [0.2, 0.25) is 5.91 Å². The summed E-state index contributed by atoms with van der Waals surface area (Å²) in [7, 11) is 0. The van der Waals surface area contributed by atoms with Gasteiger partial charge in [-0.15, -0.1) is 11.6 Å². The molecular weight excluding hydrogens is 234 g/mol. The number of carbonyl (C=O) groups excluding carboxylic acids is 1. The van der Waals surface area contributed by atoms with Crippen LogP contribution in [0.25, 0.3) is 0 Å². The van der Waals surface area contributed by atoms with Gasteiger partial charge in [0, 0.05) is 12.1 Å². The summed E-state index contributed by atoms with van der Waals surface area (Å²) in [5, 5.41) is 2.95. The van der Waals surface area contributed by atoms with Gasteiger partial charge < -0.3 is 5.32 Å². The molecule has 2 rings (SSSR count). The van der Waals surface area contributed by atoms with Crippen molar-refractivity contribution in [3.05, 3.63) is 29.3 Å². The summed E-state index contributed by atoms with van der Waals surface area (Å²) >= 11 is 6.39. The van der Waals surface area contributed by atoms with Crippen molar-refractivity contribution in [3.8, 4) is 0 Å². The third-order valence-corrected chi connectivity index (χ3v) is 3.49. The summed E-state index contributed by atoms with van der Waals surface area (Å²) in [6.45, 7) is 4.35. The topological polar surface area (TPSA) is 29.1 Å². The minimum absolute atomic E-state index is 0.0675. The largest absolute Gasteiger partial charge is 0.326 e. The predicted molar refractivity (Wildman–Crippen MR) is 71.4 cm³/mol. The Morgan fingerprint density at radius 3 is 2.82 bits per heavy atom. The highest BCUT2D eigenvalue weighted by molar-refractivity contribution is 6.20. The van der Waals surface area contributed by atoms with E-state index < -0.39 is 0 Å². The molecule has 1 aromatic rings. The SMILES string of the molecule is CC(C)CC(Cl)c1ccc2c(c1)CCC(=O)N2. The maximum Gasteiger partial charge on any atom is 0.224 e. The van der Waals surface area contributed by atoms with E-state index in [0.29, 0.717) is 12.3 Å². The Labute approximate surface area is 107 Å². The molecule has 1 aromatic carbocycles. The number of benzene rings is 1. The first kappa shape index (κ1) is 12.4. The number of alkyl halides is 1. The second-order valence-corrected chi connectivity index (χ2v) is 5.59. The van der Waals surface area contributed by atoms with Crippen LogP contribution in [0.3, 0.4) is 0 Å². The highest BCUT2D eigenvalue weighted by Crippen LogP contribution is 2.32. The van der Waals surface area contributed by atoms with E-state index in [1.165, 1.54) is 5.56 Å². The summed E-state index contributed by atoms with van der Waals surface area (Å²) in [6.07, 6.45) is 2.38. The van der Waals surface area contributed by atoms with Crippen LogP contribution in [0, 0.1) is 5.92 Å². The van der Waals surface area contributed by atoms with Crippen LogP contribution in [0.15, 0.2) is 18.2 Å².